The lowest BCUT2D eigenvalue weighted by molar-refractivity contribution is 0.446. The molecule has 2 aliphatic carbocycles. The van der Waals surface area contributed by atoms with E-state index in [2.05, 4.69) is 48.5 Å². The third kappa shape index (κ3) is 1.85. The molecule has 0 spiro atoms. The van der Waals surface area contributed by atoms with Crippen LogP contribution in [0.25, 0.3) is 0 Å². The minimum Gasteiger partial charge on any atom is -0.307 e. The van der Waals surface area contributed by atoms with Crippen LogP contribution in [0.2, 0.25) is 0 Å². The molecule has 0 aromatic carbocycles. The van der Waals surface area contributed by atoms with Gasteiger partial charge in [0.15, 0.2) is 5.82 Å². The van der Waals surface area contributed by atoms with Crippen molar-refractivity contribution >= 4 is 0 Å². The van der Waals surface area contributed by atoms with E-state index in [0.717, 1.165) is 18.9 Å². The fourth-order valence-corrected chi connectivity index (χ4v) is 2.98. The summed E-state index contributed by atoms with van der Waals surface area (Å²) < 4.78 is 1.98. The van der Waals surface area contributed by atoms with Crippen LogP contribution in [0, 0.1) is 16.7 Å². The van der Waals surface area contributed by atoms with Crippen LogP contribution in [0.15, 0.2) is 0 Å². The smallest absolute Gasteiger partial charge is 0.165 e. The number of tetrazole rings is 1. The molecule has 2 fully saturated rings. The summed E-state index contributed by atoms with van der Waals surface area (Å²) in [7, 11) is 0. The SMILES string of the molecule is CC1(C)C(Cn2nnnc2CNC2CC2)C1(C)C. The Morgan fingerprint density at radius 2 is 1.89 bits per heavy atom. The summed E-state index contributed by atoms with van der Waals surface area (Å²) >= 11 is 0. The van der Waals surface area contributed by atoms with Gasteiger partial charge in [0.2, 0.25) is 0 Å². The third-order valence-corrected chi connectivity index (χ3v) is 5.41. The Hall–Kier alpha value is -0.970. The van der Waals surface area contributed by atoms with Gasteiger partial charge in [0, 0.05) is 12.6 Å². The van der Waals surface area contributed by atoms with Crippen LogP contribution in [0.5, 0.6) is 0 Å². The highest BCUT2D eigenvalue weighted by Gasteiger charge is 2.64. The van der Waals surface area contributed by atoms with Gasteiger partial charge in [-0.3, -0.25) is 0 Å². The molecule has 0 amide bonds. The molecule has 1 aromatic heterocycles. The molecule has 0 bridgehead atoms. The number of rotatable bonds is 5. The van der Waals surface area contributed by atoms with Crippen molar-refractivity contribution in [1.82, 2.24) is 25.5 Å². The fraction of sp³-hybridized carbons (Fsp3) is 0.923. The van der Waals surface area contributed by atoms with Crippen molar-refractivity contribution in [3.8, 4) is 0 Å². The Kier molecular flexibility index (Phi) is 2.52. The van der Waals surface area contributed by atoms with Gasteiger partial charge in [-0.05, 0) is 40.0 Å². The summed E-state index contributed by atoms with van der Waals surface area (Å²) in [5, 5.41) is 15.6. The molecule has 100 valence electrons. The summed E-state index contributed by atoms with van der Waals surface area (Å²) in [5.74, 6) is 1.63. The summed E-state index contributed by atoms with van der Waals surface area (Å²) in [4.78, 5) is 0. The van der Waals surface area contributed by atoms with Crippen molar-refractivity contribution in [2.75, 3.05) is 0 Å². The molecule has 0 atom stereocenters. The maximum absolute atomic E-state index is 4.14. The molecule has 0 saturated heterocycles. The highest BCUT2D eigenvalue weighted by Crippen LogP contribution is 2.68. The molecule has 2 saturated carbocycles. The van der Waals surface area contributed by atoms with Crippen molar-refractivity contribution in [2.24, 2.45) is 16.7 Å². The first-order valence-corrected chi connectivity index (χ1v) is 6.91. The molecular weight excluding hydrogens is 226 g/mol. The minimum absolute atomic E-state index is 0.389. The normalized spacial score (nSPS) is 25.3. The van der Waals surface area contributed by atoms with Crippen LogP contribution in [0.3, 0.4) is 0 Å². The lowest BCUT2D eigenvalue weighted by Gasteiger charge is -2.06. The molecule has 0 radical (unpaired) electrons. The van der Waals surface area contributed by atoms with E-state index in [1.807, 2.05) is 4.68 Å². The van der Waals surface area contributed by atoms with Gasteiger partial charge < -0.3 is 5.32 Å². The van der Waals surface area contributed by atoms with E-state index in [1.54, 1.807) is 0 Å². The maximum Gasteiger partial charge on any atom is 0.165 e. The number of hydrogen-bond donors (Lipinski definition) is 1. The van der Waals surface area contributed by atoms with Gasteiger partial charge in [0.25, 0.3) is 0 Å². The zero-order valence-corrected chi connectivity index (χ0v) is 11.8. The zero-order valence-electron chi connectivity index (χ0n) is 11.8. The van der Waals surface area contributed by atoms with Gasteiger partial charge >= 0.3 is 0 Å². The molecule has 3 rings (SSSR count). The van der Waals surface area contributed by atoms with Crippen molar-refractivity contribution in [3.63, 3.8) is 0 Å². The van der Waals surface area contributed by atoms with Crippen LogP contribution >= 0.6 is 0 Å². The van der Waals surface area contributed by atoms with Crippen molar-refractivity contribution in [3.05, 3.63) is 5.82 Å². The topological polar surface area (TPSA) is 55.6 Å². The molecule has 18 heavy (non-hydrogen) atoms. The van der Waals surface area contributed by atoms with E-state index in [0.29, 0.717) is 22.8 Å². The van der Waals surface area contributed by atoms with Gasteiger partial charge in [-0.1, -0.05) is 27.7 Å². The monoisotopic (exact) mass is 249 g/mol. The first-order valence-electron chi connectivity index (χ1n) is 6.91. The lowest BCUT2D eigenvalue weighted by atomic mass is 10.0. The van der Waals surface area contributed by atoms with Crippen molar-refractivity contribution in [2.45, 2.75) is 59.7 Å². The number of nitrogens with one attached hydrogen (secondary N) is 1. The molecule has 1 heterocycles. The van der Waals surface area contributed by atoms with E-state index in [1.165, 1.54) is 12.8 Å². The van der Waals surface area contributed by atoms with Gasteiger partial charge in [-0.2, -0.15) is 0 Å². The average molecular weight is 249 g/mol. The van der Waals surface area contributed by atoms with E-state index < -0.39 is 0 Å². The van der Waals surface area contributed by atoms with E-state index in [4.69, 9.17) is 0 Å². The quantitative estimate of drug-likeness (QED) is 0.861. The third-order valence-electron chi connectivity index (χ3n) is 5.41. The fourth-order valence-electron chi connectivity index (χ4n) is 2.98. The highest BCUT2D eigenvalue weighted by atomic mass is 15.5. The average Bonchev–Trinajstić information content (AvgIpc) is 3.10. The predicted octanol–water partition coefficient (Wildman–Crippen LogP) is 1.61. The molecule has 0 aliphatic heterocycles. The van der Waals surface area contributed by atoms with Crippen LogP contribution in [-0.4, -0.2) is 26.2 Å². The summed E-state index contributed by atoms with van der Waals surface area (Å²) in [6.45, 7) is 11.1. The van der Waals surface area contributed by atoms with Gasteiger partial charge in [0.1, 0.15) is 0 Å². The number of hydrogen-bond acceptors (Lipinski definition) is 4. The Bertz CT molecular complexity index is 430. The zero-order chi connectivity index (χ0) is 13.0. The van der Waals surface area contributed by atoms with Gasteiger partial charge in [0.05, 0.1) is 6.54 Å². The highest BCUT2D eigenvalue weighted by molar-refractivity contribution is 5.12. The number of aromatic nitrogens is 4. The summed E-state index contributed by atoms with van der Waals surface area (Å²) in [6.07, 6.45) is 2.59. The molecule has 1 aromatic rings. The standard InChI is InChI=1S/C13H23N5/c1-12(2)10(13(12,3)4)8-18-11(15-16-17-18)7-14-9-5-6-9/h9-10,14H,5-8H2,1-4H3. The van der Waals surface area contributed by atoms with Crippen LogP contribution in [-0.2, 0) is 13.1 Å². The first-order chi connectivity index (χ1) is 8.43. The molecular formula is C13H23N5. The van der Waals surface area contributed by atoms with E-state index in [9.17, 15) is 0 Å². The molecule has 0 unspecified atom stereocenters. The second kappa shape index (κ2) is 3.76. The Balaban J connectivity index is 1.64. The Morgan fingerprint density at radius 3 is 2.44 bits per heavy atom. The molecule has 1 N–H and O–H groups in total. The number of nitrogens with zero attached hydrogens (tertiary/aromatic N) is 4. The second-order valence-corrected chi connectivity index (χ2v) is 6.93. The second-order valence-electron chi connectivity index (χ2n) is 6.93. The maximum atomic E-state index is 4.14. The Labute approximate surface area is 108 Å². The van der Waals surface area contributed by atoms with E-state index in [-0.39, 0.29) is 0 Å². The molecule has 2 aliphatic rings. The van der Waals surface area contributed by atoms with Crippen LogP contribution in [0.4, 0.5) is 0 Å². The lowest BCUT2D eigenvalue weighted by Crippen LogP contribution is -2.20. The van der Waals surface area contributed by atoms with Crippen molar-refractivity contribution < 1.29 is 0 Å². The summed E-state index contributed by atoms with van der Waals surface area (Å²) in [6, 6.07) is 0.698. The Morgan fingerprint density at radius 1 is 1.22 bits per heavy atom. The molecule has 5 nitrogen and oxygen atoms in total. The first kappa shape index (κ1) is 12.1. The van der Waals surface area contributed by atoms with Gasteiger partial charge in [-0.25, -0.2) is 4.68 Å². The minimum atomic E-state index is 0.389. The van der Waals surface area contributed by atoms with Crippen LogP contribution < -0.4 is 5.32 Å². The van der Waals surface area contributed by atoms with Gasteiger partial charge in [-0.15, -0.1) is 5.10 Å². The predicted molar refractivity (Wildman–Crippen MR) is 68.7 cm³/mol. The largest absolute Gasteiger partial charge is 0.307 e. The molecule has 5 heteroatoms. The van der Waals surface area contributed by atoms with Crippen LogP contribution in [0.1, 0.15) is 46.4 Å². The van der Waals surface area contributed by atoms with E-state index >= 15 is 0 Å². The van der Waals surface area contributed by atoms with Crippen molar-refractivity contribution in [1.29, 1.82) is 0 Å². The summed E-state index contributed by atoms with van der Waals surface area (Å²) in [5.41, 5.74) is 0.778.